The van der Waals surface area contributed by atoms with Crippen molar-refractivity contribution in [2.75, 3.05) is 31.6 Å². The standard InChI is InChI=1S/C19H21ClN2O4S/c1-21(14-5-7-15(26-2)8-6-14)27(24,25)16-9-10-18(20)17(13-16)19(23)22-11-3-4-12-22/h5-10,13H,3-4,11-12H2,1-2H3. The van der Waals surface area contributed by atoms with Crippen molar-refractivity contribution in [3.05, 3.63) is 53.1 Å². The van der Waals surface area contributed by atoms with Gasteiger partial charge in [0.15, 0.2) is 0 Å². The van der Waals surface area contributed by atoms with Crippen LogP contribution in [0, 0.1) is 0 Å². The number of ether oxygens (including phenoxy) is 1. The zero-order valence-corrected chi connectivity index (χ0v) is 16.8. The van der Waals surface area contributed by atoms with Crippen molar-refractivity contribution in [1.29, 1.82) is 0 Å². The van der Waals surface area contributed by atoms with E-state index < -0.39 is 10.0 Å². The quantitative estimate of drug-likeness (QED) is 0.760. The largest absolute Gasteiger partial charge is 0.497 e. The lowest BCUT2D eigenvalue weighted by Gasteiger charge is -2.21. The van der Waals surface area contributed by atoms with Crippen LogP contribution in [0.1, 0.15) is 23.2 Å². The fourth-order valence-electron chi connectivity index (χ4n) is 3.01. The van der Waals surface area contributed by atoms with Crippen molar-refractivity contribution in [2.45, 2.75) is 17.7 Å². The minimum Gasteiger partial charge on any atom is -0.497 e. The maximum Gasteiger partial charge on any atom is 0.264 e. The van der Waals surface area contributed by atoms with Gasteiger partial charge in [-0.3, -0.25) is 9.10 Å². The SMILES string of the molecule is COc1ccc(N(C)S(=O)(=O)c2ccc(Cl)c(C(=O)N3CCCC3)c2)cc1. The van der Waals surface area contributed by atoms with Crippen molar-refractivity contribution in [2.24, 2.45) is 0 Å². The fraction of sp³-hybridized carbons (Fsp3) is 0.316. The molecule has 0 atom stereocenters. The minimum absolute atomic E-state index is 0.0211. The zero-order chi connectivity index (χ0) is 19.6. The molecule has 0 N–H and O–H groups in total. The Labute approximate surface area is 164 Å². The van der Waals surface area contributed by atoms with Crippen LogP contribution < -0.4 is 9.04 Å². The predicted molar refractivity (Wildman–Crippen MR) is 105 cm³/mol. The van der Waals surface area contributed by atoms with Gasteiger partial charge in [-0.1, -0.05) is 11.6 Å². The minimum atomic E-state index is -3.84. The van der Waals surface area contributed by atoms with E-state index in [0.717, 1.165) is 12.8 Å². The predicted octanol–water partition coefficient (Wildman–Crippen LogP) is 3.41. The molecule has 6 nitrogen and oxygen atoms in total. The lowest BCUT2D eigenvalue weighted by atomic mass is 10.2. The lowest BCUT2D eigenvalue weighted by molar-refractivity contribution is 0.0792. The molecule has 1 aliphatic heterocycles. The molecule has 1 fully saturated rings. The molecular weight excluding hydrogens is 388 g/mol. The molecule has 1 heterocycles. The summed E-state index contributed by atoms with van der Waals surface area (Å²) in [5, 5.41) is 0.248. The molecule has 0 bridgehead atoms. The summed E-state index contributed by atoms with van der Waals surface area (Å²) < 4.78 is 32.3. The summed E-state index contributed by atoms with van der Waals surface area (Å²) in [5.41, 5.74) is 0.695. The molecule has 2 aromatic rings. The zero-order valence-electron chi connectivity index (χ0n) is 15.2. The van der Waals surface area contributed by atoms with E-state index in [0.29, 0.717) is 24.5 Å². The smallest absolute Gasteiger partial charge is 0.264 e. The molecule has 1 amide bonds. The summed E-state index contributed by atoms with van der Waals surface area (Å²) in [6.45, 7) is 1.33. The van der Waals surface area contributed by atoms with Crippen LogP contribution in [0.2, 0.25) is 5.02 Å². The molecule has 0 radical (unpaired) electrons. The first-order valence-electron chi connectivity index (χ1n) is 8.56. The van der Waals surface area contributed by atoms with E-state index in [4.69, 9.17) is 16.3 Å². The van der Waals surface area contributed by atoms with Crippen LogP contribution in [0.25, 0.3) is 0 Å². The molecule has 0 unspecified atom stereocenters. The first-order chi connectivity index (χ1) is 12.8. The maximum absolute atomic E-state index is 13.0. The van der Waals surface area contributed by atoms with Crippen molar-refractivity contribution in [3.8, 4) is 5.75 Å². The van der Waals surface area contributed by atoms with Crippen LogP contribution in [0.3, 0.4) is 0 Å². The van der Waals surface area contributed by atoms with Gasteiger partial charge >= 0.3 is 0 Å². The Balaban J connectivity index is 1.93. The normalized spacial score (nSPS) is 14.3. The Bertz CT molecular complexity index is 939. The van der Waals surface area contributed by atoms with Crippen LogP contribution in [0.15, 0.2) is 47.4 Å². The Morgan fingerprint density at radius 2 is 1.74 bits per heavy atom. The highest BCUT2D eigenvalue weighted by Crippen LogP contribution is 2.28. The number of methoxy groups -OCH3 is 1. The number of anilines is 1. The van der Waals surface area contributed by atoms with Gasteiger partial charge in [-0.25, -0.2) is 8.42 Å². The highest BCUT2D eigenvalue weighted by atomic mass is 35.5. The summed E-state index contributed by atoms with van der Waals surface area (Å²) >= 11 is 6.18. The third-order valence-electron chi connectivity index (χ3n) is 4.66. The van der Waals surface area contributed by atoms with Gasteiger partial charge in [-0.05, 0) is 55.3 Å². The van der Waals surface area contributed by atoms with Gasteiger partial charge in [0, 0.05) is 20.1 Å². The number of sulfonamides is 1. The Hall–Kier alpha value is -2.25. The second-order valence-corrected chi connectivity index (χ2v) is 8.69. The molecule has 1 aliphatic rings. The molecule has 0 saturated carbocycles. The van der Waals surface area contributed by atoms with Gasteiger partial charge in [-0.2, -0.15) is 0 Å². The third-order valence-corrected chi connectivity index (χ3v) is 6.77. The molecule has 3 rings (SSSR count). The summed E-state index contributed by atoms with van der Waals surface area (Å²) in [4.78, 5) is 14.4. The summed E-state index contributed by atoms with van der Waals surface area (Å²) in [7, 11) is -0.835. The Morgan fingerprint density at radius 3 is 2.33 bits per heavy atom. The average Bonchev–Trinajstić information content (AvgIpc) is 3.22. The van der Waals surface area contributed by atoms with Crippen LogP contribution in [0.4, 0.5) is 5.69 Å². The van der Waals surface area contributed by atoms with E-state index >= 15 is 0 Å². The van der Waals surface area contributed by atoms with Crippen molar-refractivity contribution in [3.63, 3.8) is 0 Å². The van der Waals surface area contributed by atoms with E-state index in [2.05, 4.69) is 0 Å². The molecular formula is C19H21ClN2O4S. The van der Waals surface area contributed by atoms with Gasteiger partial charge in [0.05, 0.1) is 28.3 Å². The highest BCUT2D eigenvalue weighted by molar-refractivity contribution is 7.92. The third kappa shape index (κ3) is 3.89. The molecule has 144 valence electrons. The van der Waals surface area contributed by atoms with Crippen LogP contribution in [-0.4, -0.2) is 46.5 Å². The van der Waals surface area contributed by atoms with Gasteiger partial charge in [0.2, 0.25) is 0 Å². The molecule has 8 heteroatoms. The topological polar surface area (TPSA) is 66.9 Å². The van der Waals surface area contributed by atoms with E-state index in [1.54, 1.807) is 36.3 Å². The second kappa shape index (κ2) is 7.78. The Morgan fingerprint density at radius 1 is 1.11 bits per heavy atom. The van der Waals surface area contributed by atoms with Gasteiger partial charge in [-0.15, -0.1) is 0 Å². The number of hydrogen-bond donors (Lipinski definition) is 0. The van der Waals surface area contributed by atoms with Gasteiger partial charge < -0.3 is 9.64 Å². The molecule has 0 aromatic heterocycles. The van der Waals surface area contributed by atoms with Crippen LogP contribution in [0.5, 0.6) is 5.75 Å². The number of carbonyl (C=O) groups is 1. The first-order valence-corrected chi connectivity index (χ1v) is 10.4. The summed E-state index contributed by atoms with van der Waals surface area (Å²) in [5.74, 6) is 0.399. The van der Waals surface area contributed by atoms with Crippen molar-refractivity contribution in [1.82, 2.24) is 4.90 Å². The molecule has 0 aliphatic carbocycles. The van der Waals surface area contributed by atoms with E-state index in [1.165, 1.54) is 29.6 Å². The number of amides is 1. The van der Waals surface area contributed by atoms with E-state index in [1.807, 2.05) is 0 Å². The van der Waals surface area contributed by atoms with Crippen molar-refractivity contribution >= 4 is 33.2 Å². The van der Waals surface area contributed by atoms with Crippen molar-refractivity contribution < 1.29 is 17.9 Å². The fourth-order valence-corrected chi connectivity index (χ4v) is 4.43. The number of rotatable bonds is 5. The molecule has 0 spiro atoms. The maximum atomic E-state index is 13.0. The number of carbonyl (C=O) groups excluding carboxylic acids is 1. The number of likely N-dealkylation sites (tertiary alicyclic amines) is 1. The molecule has 1 saturated heterocycles. The molecule has 2 aromatic carbocycles. The highest BCUT2D eigenvalue weighted by Gasteiger charge is 2.26. The van der Waals surface area contributed by atoms with Crippen LogP contribution >= 0.6 is 11.6 Å². The summed E-state index contributed by atoms with van der Waals surface area (Å²) in [6, 6.07) is 10.9. The van der Waals surface area contributed by atoms with E-state index in [9.17, 15) is 13.2 Å². The van der Waals surface area contributed by atoms with Gasteiger partial charge in [0.25, 0.3) is 15.9 Å². The van der Waals surface area contributed by atoms with E-state index in [-0.39, 0.29) is 21.4 Å². The summed E-state index contributed by atoms with van der Waals surface area (Å²) in [6.07, 6.45) is 1.89. The number of hydrogen-bond acceptors (Lipinski definition) is 4. The second-order valence-electron chi connectivity index (χ2n) is 6.31. The molecule has 27 heavy (non-hydrogen) atoms. The monoisotopic (exact) mass is 408 g/mol. The number of nitrogens with zero attached hydrogens (tertiary/aromatic N) is 2. The number of halogens is 1. The lowest BCUT2D eigenvalue weighted by Crippen LogP contribution is -2.29. The Kier molecular flexibility index (Phi) is 5.62. The first kappa shape index (κ1) is 19.5. The average molecular weight is 409 g/mol. The van der Waals surface area contributed by atoms with Gasteiger partial charge in [0.1, 0.15) is 5.75 Å². The number of benzene rings is 2. The van der Waals surface area contributed by atoms with Crippen LogP contribution in [-0.2, 0) is 10.0 Å².